The van der Waals surface area contributed by atoms with Crippen molar-refractivity contribution < 1.29 is 9.47 Å². The number of aryl methyl sites for hydroxylation is 1. The molecule has 2 aromatic rings. The lowest BCUT2D eigenvalue weighted by Gasteiger charge is -2.21. The van der Waals surface area contributed by atoms with Gasteiger partial charge in [-0.2, -0.15) is 0 Å². The fourth-order valence-electron chi connectivity index (χ4n) is 2.86. The van der Waals surface area contributed by atoms with Gasteiger partial charge in [0.2, 0.25) is 0 Å². The van der Waals surface area contributed by atoms with Crippen LogP contribution in [0, 0.1) is 0 Å². The van der Waals surface area contributed by atoms with Crippen LogP contribution in [0.1, 0.15) is 23.8 Å². The fraction of sp³-hybridized carbons (Fsp3) is 0.476. The van der Waals surface area contributed by atoms with Gasteiger partial charge in [0, 0.05) is 32.1 Å². The van der Waals surface area contributed by atoms with Crippen molar-refractivity contribution in [3.05, 3.63) is 46.2 Å². The summed E-state index contributed by atoms with van der Waals surface area (Å²) in [4.78, 5) is 7.98. The number of hydrogen-bond donors (Lipinski definition) is 1. The third kappa shape index (κ3) is 6.79. The van der Waals surface area contributed by atoms with Crippen LogP contribution in [-0.2, 0) is 12.8 Å². The van der Waals surface area contributed by atoms with Crippen LogP contribution in [0.3, 0.4) is 0 Å². The summed E-state index contributed by atoms with van der Waals surface area (Å²) in [5.74, 6) is 2.54. The molecule has 5 nitrogen and oxygen atoms in total. The smallest absolute Gasteiger partial charge is 0.193 e. The summed E-state index contributed by atoms with van der Waals surface area (Å²) in [6.07, 6.45) is 3.05. The summed E-state index contributed by atoms with van der Waals surface area (Å²) in [6, 6.07) is 10.4. The molecule has 0 unspecified atom stereocenters. The SMILES string of the molecule is CCOc1cc(CCCNC(=NC)N(C)CCc2cccs2)ccc1OC. The predicted octanol–water partition coefficient (Wildman–Crippen LogP) is 3.84. The Hall–Kier alpha value is -2.21. The first kappa shape index (κ1) is 21.1. The van der Waals surface area contributed by atoms with Crippen molar-refractivity contribution in [2.45, 2.75) is 26.2 Å². The normalized spacial score (nSPS) is 11.3. The Bertz CT molecular complexity index is 701. The molecule has 0 bridgehead atoms. The van der Waals surface area contributed by atoms with E-state index in [0.717, 1.165) is 49.8 Å². The monoisotopic (exact) mass is 389 g/mol. The van der Waals surface area contributed by atoms with Crippen LogP contribution in [0.4, 0.5) is 0 Å². The summed E-state index contributed by atoms with van der Waals surface area (Å²) >= 11 is 1.80. The number of ether oxygens (including phenoxy) is 2. The maximum absolute atomic E-state index is 5.65. The van der Waals surface area contributed by atoms with E-state index in [9.17, 15) is 0 Å². The molecule has 2 rings (SSSR count). The van der Waals surface area contributed by atoms with Crippen LogP contribution in [-0.4, -0.2) is 51.8 Å². The first-order valence-electron chi connectivity index (χ1n) is 9.41. The second-order valence-electron chi connectivity index (χ2n) is 6.25. The minimum Gasteiger partial charge on any atom is -0.493 e. The molecule has 1 heterocycles. The molecular weight excluding hydrogens is 358 g/mol. The van der Waals surface area contributed by atoms with E-state index in [0.29, 0.717) is 6.61 Å². The van der Waals surface area contributed by atoms with Gasteiger partial charge < -0.3 is 19.7 Å². The molecule has 27 heavy (non-hydrogen) atoms. The molecule has 148 valence electrons. The lowest BCUT2D eigenvalue weighted by molar-refractivity contribution is 0.310. The topological polar surface area (TPSA) is 46.1 Å². The van der Waals surface area contributed by atoms with Gasteiger partial charge in [0.05, 0.1) is 13.7 Å². The highest BCUT2D eigenvalue weighted by atomic mass is 32.1. The van der Waals surface area contributed by atoms with E-state index in [1.54, 1.807) is 18.4 Å². The van der Waals surface area contributed by atoms with Gasteiger partial charge in [-0.25, -0.2) is 0 Å². The number of nitrogens with one attached hydrogen (secondary N) is 1. The van der Waals surface area contributed by atoms with Gasteiger partial charge in [0.1, 0.15) is 0 Å². The zero-order valence-corrected chi connectivity index (χ0v) is 17.6. The molecule has 0 atom stereocenters. The highest BCUT2D eigenvalue weighted by Gasteiger charge is 2.07. The second kappa shape index (κ2) is 11.5. The molecule has 6 heteroatoms. The molecule has 0 radical (unpaired) electrons. The molecule has 0 amide bonds. The Morgan fingerprint density at radius 1 is 1.22 bits per heavy atom. The molecule has 0 aliphatic rings. The number of nitrogens with zero attached hydrogens (tertiary/aromatic N) is 2. The third-order valence-electron chi connectivity index (χ3n) is 4.30. The van der Waals surface area contributed by atoms with Crippen molar-refractivity contribution in [3.8, 4) is 11.5 Å². The van der Waals surface area contributed by atoms with E-state index < -0.39 is 0 Å². The number of methoxy groups -OCH3 is 1. The lowest BCUT2D eigenvalue weighted by Crippen LogP contribution is -2.40. The van der Waals surface area contributed by atoms with Crippen molar-refractivity contribution in [2.24, 2.45) is 4.99 Å². The Morgan fingerprint density at radius 2 is 2.07 bits per heavy atom. The summed E-state index contributed by atoms with van der Waals surface area (Å²) in [5, 5.41) is 5.58. The Balaban J connectivity index is 1.76. The van der Waals surface area contributed by atoms with Crippen molar-refractivity contribution in [3.63, 3.8) is 0 Å². The maximum atomic E-state index is 5.65. The first-order chi connectivity index (χ1) is 13.2. The molecule has 0 spiro atoms. The van der Waals surface area contributed by atoms with Crippen molar-refractivity contribution in [1.29, 1.82) is 0 Å². The molecule has 0 saturated heterocycles. The lowest BCUT2D eigenvalue weighted by atomic mass is 10.1. The Morgan fingerprint density at radius 3 is 2.74 bits per heavy atom. The number of benzene rings is 1. The summed E-state index contributed by atoms with van der Waals surface area (Å²) < 4.78 is 11.0. The Labute approximate surface area is 167 Å². The molecule has 0 aliphatic carbocycles. The second-order valence-corrected chi connectivity index (χ2v) is 7.28. The molecule has 1 aromatic carbocycles. The number of likely N-dealkylation sites (N-methyl/N-ethyl adjacent to an activating group) is 1. The summed E-state index contributed by atoms with van der Waals surface area (Å²) in [6.45, 7) is 4.45. The van der Waals surface area contributed by atoms with Crippen LogP contribution in [0.2, 0.25) is 0 Å². The highest BCUT2D eigenvalue weighted by molar-refractivity contribution is 7.09. The fourth-order valence-corrected chi connectivity index (χ4v) is 3.56. The summed E-state index contributed by atoms with van der Waals surface area (Å²) in [5.41, 5.74) is 1.25. The van der Waals surface area contributed by atoms with E-state index in [1.165, 1.54) is 10.4 Å². The van der Waals surface area contributed by atoms with E-state index >= 15 is 0 Å². The van der Waals surface area contributed by atoms with Gasteiger partial charge in [0.15, 0.2) is 17.5 Å². The first-order valence-corrected chi connectivity index (χ1v) is 10.3. The number of thiophene rings is 1. The van der Waals surface area contributed by atoms with Gasteiger partial charge in [-0.15, -0.1) is 11.3 Å². The van der Waals surface area contributed by atoms with Crippen LogP contribution >= 0.6 is 11.3 Å². The molecule has 1 N–H and O–H groups in total. The molecule has 0 fully saturated rings. The third-order valence-corrected chi connectivity index (χ3v) is 5.24. The van der Waals surface area contributed by atoms with Crippen molar-refractivity contribution in [1.82, 2.24) is 10.2 Å². The molecule has 0 saturated carbocycles. The van der Waals surface area contributed by atoms with E-state index in [1.807, 2.05) is 20.0 Å². The molecular formula is C21H31N3O2S. The van der Waals surface area contributed by atoms with Gasteiger partial charge in [-0.05, 0) is 55.3 Å². The van der Waals surface area contributed by atoms with Gasteiger partial charge in [-0.1, -0.05) is 12.1 Å². The van der Waals surface area contributed by atoms with E-state index in [4.69, 9.17) is 9.47 Å². The van der Waals surface area contributed by atoms with Crippen LogP contribution in [0.5, 0.6) is 11.5 Å². The summed E-state index contributed by atoms with van der Waals surface area (Å²) in [7, 11) is 5.59. The average Bonchev–Trinajstić information content (AvgIpc) is 3.20. The van der Waals surface area contributed by atoms with Crippen LogP contribution in [0.15, 0.2) is 40.7 Å². The highest BCUT2D eigenvalue weighted by Crippen LogP contribution is 2.28. The average molecular weight is 390 g/mol. The zero-order valence-electron chi connectivity index (χ0n) is 16.8. The standard InChI is InChI=1S/C21H31N3O2S/c1-5-26-20-16-17(10-11-19(20)25-4)8-6-13-23-21(22-2)24(3)14-12-18-9-7-15-27-18/h7,9-11,15-16H,5-6,8,12-14H2,1-4H3,(H,22,23). The van der Waals surface area contributed by atoms with Gasteiger partial charge >= 0.3 is 0 Å². The molecule has 1 aromatic heterocycles. The van der Waals surface area contributed by atoms with Gasteiger partial charge in [0.25, 0.3) is 0 Å². The largest absolute Gasteiger partial charge is 0.493 e. The Kier molecular flexibility index (Phi) is 8.98. The number of aliphatic imine (C=N–C) groups is 1. The van der Waals surface area contributed by atoms with Crippen molar-refractivity contribution in [2.75, 3.05) is 40.9 Å². The minimum atomic E-state index is 0.634. The predicted molar refractivity (Wildman–Crippen MR) is 114 cm³/mol. The number of hydrogen-bond acceptors (Lipinski definition) is 4. The maximum Gasteiger partial charge on any atom is 0.193 e. The molecule has 0 aliphatic heterocycles. The van der Waals surface area contributed by atoms with Crippen LogP contribution < -0.4 is 14.8 Å². The van der Waals surface area contributed by atoms with E-state index in [-0.39, 0.29) is 0 Å². The number of rotatable bonds is 10. The minimum absolute atomic E-state index is 0.634. The number of guanidine groups is 1. The van der Waals surface area contributed by atoms with Gasteiger partial charge in [-0.3, -0.25) is 4.99 Å². The quantitative estimate of drug-likeness (QED) is 0.381. The zero-order chi connectivity index (χ0) is 19.5. The van der Waals surface area contributed by atoms with E-state index in [2.05, 4.69) is 51.9 Å². The van der Waals surface area contributed by atoms with Crippen LogP contribution in [0.25, 0.3) is 0 Å². The van der Waals surface area contributed by atoms with Crippen molar-refractivity contribution >= 4 is 17.3 Å².